The Morgan fingerprint density at radius 3 is 2.12 bits per heavy atom. The van der Waals surface area contributed by atoms with Crippen LogP contribution in [0.2, 0.25) is 0 Å². The maximum atomic E-state index is 12.8. The van der Waals surface area contributed by atoms with Crippen LogP contribution >= 0.6 is 0 Å². The molecule has 132 valence electrons. The van der Waals surface area contributed by atoms with E-state index >= 15 is 0 Å². The summed E-state index contributed by atoms with van der Waals surface area (Å²) in [5.74, 6) is 0.125. The summed E-state index contributed by atoms with van der Waals surface area (Å²) >= 11 is 0. The van der Waals surface area contributed by atoms with Gasteiger partial charge in [0.2, 0.25) is 0 Å². The molecule has 2 aromatic carbocycles. The first-order valence-electron chi connectivity index (χ1n) is 9.18. The van der Waals surface area contributed by atoms with E-state index in [4.69, 9.17) is 0 Å². The number of hydrogen-bond donors (Lipinski definition) is 2. The number of carbonyl (C=O) groups is 1. The molecule has 2 aromatic rings. The van der Waals surface area contributed by atoms with E-state index in [1.807, 2.05) is 19.9 Å². The highest BCUT2D eigenvalue weighted by Crippen LogP contribution is 2.19. The zero-order chi connectivity index (χ0) is 17.8. The van der Waals surface area contributed by atoms with Crippen molar-refractivity contribution in [1.82, 2.24) is 5.32 Å². The molecular formula is C22H27NO2. The van der Waals surface area contributed by atoms with E-state index in [0.717, 1.165) is 36.8 Å². The fraction of sp³-hybridized carbons (Fsp3) is 0.409. The fourth-order valence-corrected chi connectivity index (χ4v) is 3.32. The predicted octanol–water partition coefficient (Wildman–Crippen LogP) is 3.32. The number of rotatable bonds is 4. The summed E-state index contributed by atoms with van der Waals surface area (Å²) in [4.78, 5) is 12.8. The van der Waals surface area contributed by atoms with Crippen LogP contribution in [-0.2, 0) is 25.7 Å². The quantitative estimate of drug-likeness (QED) is 0.899. The highest BCUT2D eigenvalue weighted by atomic mass is 16.3. The van der Waals surface area contributed by atoms with Crippen molar-refractivity contribution in [3.8, 4) is 0 Å². The zero-order valence-electron chi connectivity index (χ0n) is 15.1. The van der Waals surface area contributed by atoms with Crippen molar-refractivity contribution in [1.29, 1.82) is 0 Å². The van der Waals surface area contributed by atoms with E-state index in [-0.39, 0.29) is 24.5 Å². The Hall–Kier alpha value is -2.13. The molecule has 0 radical (unpaired) electrons. The zero-order valence-corrected chi connectivity index (χ0v) is 15.1. The first-order chi connectivity index (χ1) is 12.1. The lowest BCUT2D eigenvalue weighted by atomic mass is 9.92. The largest absolute Gasteiger partial charge is 0.394 e. The fourth-order valence-electron chi connectivity index (χ4n) is 3.32. The Labute approximate surface area is 150 Å². The molecule has 0 heterocycles. The standard InChI is InChI=1S/C22H27NO2/c1-15(2)21(14-24)23-22(25)20-13-18-8-7-16-3-5-17(6-4-16)9-11-19(20)12-10-18/h3-6,10,12-13,15,21,24H,7-9,11,14H2,1-2H3,(H,23,25)/t21-/m1/s1. The molecule has 0 unspecified atom stereocenters. The van der Waals surface area contributed by atoms with Gasteiger partial charge in [0.25, 0.3) is 5.91 Å². The molecule has 6 rings (SSSR count). The number of aliphatic hydroxyl groups excluding tert-OH is 1. The molecule has 0 fully saturated rings. The van der Waals surface area contributed by atoms with Gasteiger partial charge in [-0.3, -0.25) is 4.79 Å². The van der Waals surface area contributed by atoms with Crippen LogP contribution in [0.5, 0.6) is 0 Å². The summed E-state index contributed by atoms with van der Waals surface area (Å²) in [7, 11) is 0. The van der Waals surface area contributed by atoms with E-state index in [9.17, 15) is 9.90 Å². The summed E-state index contributed by atoms with van der Waals surface area (Å²) in [6.45, 7) is 3.98. The average Bonchev–Trinajstić information content (AvgIpc) is 2.61. The summed E-state index contributed by atoms with van der Waals surface area (Å²) in [6, 6.07) is 14.9. The van der Waals surface area contributed by atoms with Gasteiger partial charge in [-0.1, -0.05) is 50.2 Å². The van der Waals surface area contributed by atoms with Gasteiger partial charge < -0.3 is 10.4 Å². The molecule has 1 atom stereocenters. The van der Waals surface area contributed by atoms with Gasteiger partial charge in [-0.15, -0.1) is 0 Å². The smallest absolute Gasteiger partial charge is 0.251 e. The van der Waals surface area contributed by atoms with Gasteiger partial charge in [-0.2, -0.15) is 0 Å². The predicted molar refractivity (Wildman–Crippen MR) is 101 cm³/mol. The van der Waals surface area contributed by atoms with Gasteiger partial charge in [0.05, 0.1) is 12.6 Å². The number of benzene rings is 2. The SMILES string of the molecule is CC(C)[C@@H](CO)NC(=O)c1cc2ccc1CCc1ccc(cc1)CC2. The lowest BCUT2D eigenvalue weighted by Crippen LogP contribution is -2.41. The lowest BCUT2D eigenvalue weighted by molar-refractivity contribution is 0.0896. The van der Waals surface area contributed by atoms with Crippen molar-refractivity contribution >= 4 is 5.91 Å². The molecule has 4 aliphatic carbocycles. The van der Waals surface area contributed by atoms with E-state index in [0.29, 0.717) is 0 Å². The normalized spacial score (nSPS) is 14.9. The molecule has 0 aliphatic heterocycles. The van der Waals surface area contributed by atoms with Crippen molar-refractivity contribution in [2.75, 3.05) is 6.61 Å². The second kappa shape index (κ2) is 7.83. The number of aryl methyl sites for hydroxylation is 4. The lowest BCUT2D eigenvalue weighted by Gasteiger charge is -2.21. The Bertz CT molecular complexity index is 734. The minimum Gasteiger partial charge on any atom is -0.394 e. The van der Waals surface area contributed by atoms with Crippen LogP contribution < -0.4 is 5.32 Å². The van der Waals surface area contributed by atoms with E-state index in [1.54, 1.807) is 0 Å². The van der Waals surface area contributed by atoms with Crippen molar-refractivity contribution in [2.24, 2.45) is 5.92 Å². The third-order valence-corrected chi connectivity index (χ3v) is 5.15. The maximum absolute atomic E-state index is 12.8. The van der Waals surface area contributed by atoms with Crippen molar-refractivity contribution in [2.45, 2.75) is 45.6 Å². The summed E-state index contributed by atoms with van der Waals surface area (Å²) < 4.78 is 0. The molecular weight excluding hydrogens is 310 g/mol. The second-order valence-corrected chi connectivity index (χ2v) is 7.31. The molecule has 4 bridgehead atoms. The number of nitrogens with one attached hydrogen (secondary N) is 1. The van der Waals surface area contributed by atoms with Crippen LogP contribution in [0.1, 0.15) is 46.5 Å². The van der Waals surface area contributed by atoms with Gasteiger partial charge in [-0.25, -0.2) is 0 Å². The van der Waals surface area contributed by atoms with E-state index < -0.39 is 0 Å². The first-order valence-corrected chi connectivity index (χ1v) is 9.18. The van der Waals surface area contributed by atoms with Crippen LogP contribution in [0.4, 0.5) is 0 Å². The van der Waals surface area contributed by atoms with Crippen LogP contribution in [0.3, 0.4) is 0 Å². The monoisotopic (exact) mass is 337 g/mol. The summed E-state index contributed by atoms with van der Waals surface area (Å²) in [6.07, 6.45) is 3.67. The molecule has 25 heavy (non-hydrogen) atoms. The van der Waals surface area contributed by atoms with Gasteiger partial charge in [0, 0.05) is 5.56 Å². The van der Waals surface area contributed by atoms with Gasteiger partial charge in [0.1, 0.15) is 0 Å². The number of carbonyl (C=O) groups excluding carboxylic acids is 1. The van der Waals surface area contributed by atoms with Crippen molar-refractivity contribution in [3.63, 3.8) is 0 Å². The topological polar surface area (TPSA) is 49.3 Å². The Kier molecular flexibility index (Phi) is 5.54. The van der Waals surface area contributed by atoms with Crippen LogP contribution in [0.25, 0.3) is 0 Å². The highest BCUT2D eigenvalue weighted by Gasteiger charge is 2.19. The maximum Gasteiger partial charge on any atom is 0.251 e. The van der Waals surface area contributed by atoms with E-state index in [2.05, 4.69) is 41.7 Å². The second-order valence-electron chi connectivity index (χ2n) is 7.31. The van der Waals surface area contributed by atoms with Gasteiger partial charge >= 0.3 is 0 Å². The molecule has 4 aliphatic rings. The van der Waals surface area contributed by atoms with Gasteiger partial charge in [0.15, 0.2) is 0 Å². The number of hydrogen-bond acceptors (Lipinski definition) is 2. The van der Waals surface area contributed by atoms with Crippen LogP contribution in [0, 0.1) is 5.92 Å². The summed E-state index contributed by atoms with van der Waals surface area (Å²) in [5, 5.41) is 12.5. The molecule has 0 spiro atoms. The summed E-state index contributed by atoms with van der Waals surface area (Å²) in [5.41, 5.74) is 5.65. The van der Waals surface area contributed by atoms with Crippen molar-refractivity contribution < 1.29 is 9.90 Å². The molecule has 0 aromatic heterocycles. The minimum absolute atomic E-state index is 0.0374. The van der Waals surface area contributed by atoms with Crippen molar-refractivity contribution in [3.05, 3.63) is 70.3 Å². The molecule has 3 heteroatoms. The average molecular weight is 337 g/mol. The number of aliphatic hydroxyl groups is 1. The third-order valence-electron chi connectivity index (χ3n) is 5.15. The molecule has 0 saturated carbocycles. The third kappa shape index (κ3) is 4.29. The van der Waals surface area contributed by atoms with Crippen LogP contribution in [0.15, 0.2) is 42.5 Å². The molecule has 2 N–H and O–H groups in total. The Morgan fingerprint density at radius 2 is 1.52 bits per heavy atom. The van der Waals surface area contributed by atoms with Crippen LogP contribution in [-0.4, -0.2) is 23.7 Å². The first kappa shape index (κ1) is 17.7. The minimum atomic E-state index is -0.213. The Balaban J connectivity index is 1.88. The van der Waals surface area contributed by atoms with E-state index in [1.165, 1.54) is 16.7 Å². The van der Waals surface area contributed by atoms with Gasteiger partial charge in [-0.05, 0) is 59.9 Å². The number of amides is 1. The Morgan fingerprint density at radius 1 is 0.960 bits per heavy atom. The molecule has 3 nitrogen and oxygen atoms in total. The molecule has 0 saturated heterocycles. The highest BCUT2D eigenvalue weighted by molar-refractivity contribution is 5.96. The molecule has 1 amide bonds.